The molecule has 0 aliphatic heterocycles. The second-order valence-corrected chi connectivity index (χ2v) is 4.88. The van der Waals surface area contributed by atoms with Gasteiger partial charge in [-0.05, 0) is 12.8 Å². The van der Waals surface area contributed by atoms with Crippen LogP contribution in [0.4, 0.5) is 0 Å². The Labute approximate surface area is 116 Å². The average Bonchev–Trinajstić information content (AvgIpc) is 2.45. The number of hydrogen-bond acceptors (Lipinski definition) is 4. The lowest BCUT2D eigenvalue weighted by atomic mass is 9.83. The average molecular weight is 283 g/mol. The topological polar surface area (TPSA) is 104 Å². The SMILES string of the molecule is CCC(CC)(CO)CNC(=O)Cn1[nH]c(=O)ccc1=O. The molecule has 0 unspecified atom stereocenters. The highest BCUT2D eigenvalue weighted by Gasteiger charge is 2.25. The first-order valence-corrected chi connectivity index (χ1v) is 6.64. The van der Waals surface area contributed by atoms with Crippen molar-refractivity contribution in [3.8, 4) is 0 Å². The van der Waals surface area contributed by atoms with Crippen LogP contribution in [-0.4, -0.2) is 33.9 Å². The summed E-state index contributed by atoms with van der Waals surface area (Å²) in [5.41, 5.74) is -1.23. The summed E-state index contributed by atoms with van der Waals surface area (Å²) in [5.74, 6) is -0.381. The third-order valence-corrected chi connectivity index (χ3v) is 3.69. The van der Waals surface area contributed by atoms with E-state index in [4.69, 9.17) is 0 Å². The van der Waals surface area contributed by atoms with Gasteiger partial charge >= 0.3 is 0 Å². The maximum Gasteiger partial charge on any atom is 0.265 e. The maximum atomic E-state index is 11.8. The number of aliphatic hydroxyl groups is 1. The molecule has 0 aliphatic rings. The molecule has 0 fully saturated rings. The predicted octanol–water partition coefficient (Wildman–Crippen LogP) is -0.548. The van der Waals surface area contributed by atoms with Crippen molar-refractivity contribution in [2.45, 2.75) is 33.2 Å². The van der Waals surface area contributed by atoms with Crippen molar-refractivity contribution >= 4 is 5.91 Å². The fourth-order valence-corrected chi connectivity index (χ4v) is 1.84. The summed E-state index contributed by atoms with van der Waals surface area (Å²) in [5, 5.41) is 14.4. The first-order chi connectivity index (χ1) is 9.46. The molecular weight excluding hydrogens is 262 g/mol. The van der Waals surface area contributed by atoms with E-state index in [0.717, 1.165) is 29.7 Å². The lowest BCUT2D eigenvalue weighted by Crippen LogP contribution is -2.42. The van der Waals surface area contributed by atoms with Crippen molar-refractivity contribution in [2.24, 2.45) is 5.41 Å². The molecule has 1 heterocycles. The Hall–Kier alpha value is -1.89. The highest BCUT2D eigenvalue weighted by Crippen LogP contribution is 2.24. The minimum absolute atomic E-state index is 0.0115. The lowest BCUT2D eigenvalue weighted by molar-refractivity contribution is -0.122. The largest absolute Gasteiger partial charge is 0.396 e. The smallest absolute Gasteiger partial charge is 0.265 e. The van der Waals surface area contributed by atoms with Gasteiger partial charge in [-0.15, -0.1) is 0 Å². The molecule has 0 aromatic carbocycles. The standard InChI is InChI=1S/C13H21N3O4/c1-3-13(4-2,9-17)8-14-11(19)7-16-12(20)6-5-10(18)15-16/h5-6,17H,3-4,7-9H2,1-2H3,(H,14,19)(H,15,18). The summed E-state index contributed by atoms with van der Waals surface area (Å²) >= 11 is 0. The van der Waals surface area contributed by atoms with Gasteiger partial charge < -0.3 is 10.4 Å². The van der Waals surface area contributed by atoms with Gasteiger partial charge in [0.25, 0.3) is 11.1 Å². The quantitative estimate of drug-likeness (QED) is 0.624. The van der Waals surface area contributed by atoms with Crippen molar-refractivity contribution in [1.82, 2.24) is 15.1 Å². The number of amides is 1. The normalized spacial score (nSPS) is 11.3. The molecule has 0 saturated heterocycles. The number of aliphatic hydroxyl groups excluding tert-OH is 1. The fraction of sp³-hybridized carbons (Fsp3) is 0.615. The molecule has 20 heavy (non-hydrogen) atoms. The molecule has 0 bridgehead atoms. The van der Waals surface area contributed by atoms with Gasteiger partial charge in [-0.3, -0.25) is 19.5 Å². The molecule has 0 spiro atoms. The second kappa shape index (κ2) is 7.04. The van der Waals surface area contributed by atoms with Crippen molar-refractivity contribution < 1.29 is 9.90 Å². The van der Waals surface area contributed by atoms with Gasteiger partial charge in [0.2, 0.25) is 5.91 Å². The molecule has 0 atom stereocenters. The molecule has 3 N–H and O–H groups in total. The highest BCUT2D eigenvalue weighted by molar-refractivity contribution is 5.75. The molecule has 1 rings (SSSR count). The summed E-state index contributed by atoms with van der Waals surface area (Å²) in [7, 11) is 0. The Kier molecular flexibility index (Phi) is 5.69. The molecule has 0 aliphatic carbocycles. The van der Waals surface area contributed by atoms with E-state index in [9.17, 15) is 19.5 Å². The number of H-pyrrole nitrogens is 1. The number of nitrogens with zero attached hydrogens (tertiary/aromatic N) is 1. The van der Waals surface area contributed by atoms with Gasteiger partial charge in [0.1, 0.15) is 6.54 Å². The van der Waals surface area contributed by atoms with E-state index in [1.807, 2.05) is 13.8 Å². The first-order valence-electron chi connectivity index (χ1n) is 6.64. The van der Waals surface area contributed by atoms with Gasteiger partial charge in [0.15, 0.2) is 0 Å². The van der Waals surface area contributed by atoms with Crippen LogP contribution < -0.4 is 16.4 Å². The summed E-state index contributed by atoms with van der Waals surface area (Å²) in [4.78, 5) is 34.3. The van der Waals surface area contributed by atoms with E-state index >= 15 is 0 Å². The molecule has 1 aromatic heterocycles. The van der Waals surface area contributed by atoms with Crippen molar-refractivity contribution in [3.05, 3.63) is 32.8 Å². The van der Waals surface area contributed by atoms with Crippen molar-refractivity contribution in [3.63, 3.8) is 0 Å². The van der Waals surface area contributed by atoms with Crippen LogP contribution in [0.3, 0.4) is 0 Å². The predicted molar refractivity (Wildman–Crippen MR) is 74.4 cm³/mol. The Morgan fingerprint density at radius 2 is 2.00 bits per heavy atom. The molecule has 1 amide bonds. The van der Waals surface area contributed by atoms with Gasteiger partial charge in [0.05, 0.1) is 6.61 Å². The molecule has 7 heteroatoms. The second-order valence-electron chi connectivity index (χ2n) is 4.88. The van der Waals surface area contributed by atoms with Crippen LogP contribution in [0.25, 0.3) is 0 Å². The minimum atomic E-state index is -0.445. The third-order valence-electron chi connectivity index (χ3n) is 3.69. The van der Waals surface area contributed by atoms with E-state index in [1.165, 1.54) is 0 Å². The molecule has 0 saturated carbocycles. The lowest BCUT2D eigenvalue weighted by Gasteiger charge is -2.29. The number of carbonyl (C=O) groups excluding carboxylic acids is 1. The highest BCUT2D eigenvalue weighted by atomic mass is 16.3. The number of aromatic nitrogens is 2. The minimum Gasteiger partial charge on any atom is -0.396 e. The first kappa shape index (κ1) is 16.2. The zero-order chi connectivity index (χ0) is 15.2. The van der Waals surface area contributed by atoms with Crippen molar-refractivity contribution in [1.29, 1.82) is 0 Å². The van der Waals surface area contributed by atoms with Crippen LogP contribution in [0, 0.1) is 5.41 Å². The van der Waals surface area contributed by atoms with Crippen LogP contribution in [0.5, 0.6) is 0 Å². The number of rotatable bonds is 7. The Bertz CT molecular complexity index is 549. The van der Waals surface area contributed by atoms with E-state index in [1.54, 1.807) is 0 Å². The Morgan fingerprint density at radius 1 is 1.35 bits per heavy atom. The van der Waals surface area contributed by atoms with Gasteiger partial charge in [0, 0.05) is 24.1 Å². The Balaban J connectivity index is 2.67. The Morgan fingerprint density at radius 3 is 2.55 bits per heavy atom. The fourth-order valence-electron chi connectivity index (χ4n) is 1.84. The number of carbonyl (C=O) groups is 1. The van der Waals surface area contributed by atoms with Crippen LogP contribution >= 0.6 is 0 Å². The van der Waals surface area contributed by atoms with Crippen LogP contribution in [0.2, 0.25) is 0 Å². The van der Waals surface area contributed by atoms with Crippen LogP contribution in [0.1, 0.15) is 26.7 Å². The molecule has 1 aromatic rings. The molecular formula is C13H21N3O4. The monoisotopic (exact) mass is 283 g/mol. The van der Waals surface area contributed by atoms with Crippen LogP contribution in [0.15, 0.2) is 21.7 Å². The van der Waals surface area contributed by atoms with Gasteiger partial charge in [-0.1, -0.05) is 13.8 Å². The van der Waals surface area contributed by atoms with Gasteiger partial charge in [-0.2, -0.15) is 0 Å². The van der Waals surface area contributed by atoms with E-state index in [-0.39, 0.29) is 24.5 Å². The molecule has 0 radical (unpaired) electrons. The van der Waals surface area contributed by atoms with Gasteiger partial charge in [-0.25, -0.2) is 4.68 Å². The third kappa shape index (κ3) is 4.06. The van der Waals surface area contributed by atoms with E-state index in [0.29, 0.717) is 6.54 Å². The van der Waals surface area contributed by atoms with Crippen LogP contribution in [-0.2, 0) is 11.3 Å². The number of aromatic amines is 1. The van der Waals surface area contributed by atoms with Crippen molar-refractivity contribution in [2.75, 3.05) is 13.2 Å². The molecule has 7 nitrogen and oxygen atoms in total. The maximum absolute atomic E-state index is 11.8. The summed E-state index contributed by atoms with van der Waals surface area (Å²) in [6.07, 6.45) is 1.48. The van der Waals surface area contributed by atoms with E-state index in [2.05, 4.69) is 10.4 Å². The zero-order valence-electron chi connectivity index (χ0n) is 11.8. The summed E-state index contributed by atoms with van der Waals surface area (Å²) < 4.78 is 0.955. The van der Waals surface area contributed by atoms with E-state index < -0.39 is 11.1 Å². The zero-order valence-corrected chi connectivity index (χ0v) is 11.8. The molecule has 112 valence electrons. The number of nitrogens with one attached hydrogen (secondary N) is 2. The summed E-state index contributed by atoms with van der Waals surface area (Å²) in [6, 6.07) is 2.23. The number of hydrogen-bond donors (Lipinski definition) is 3. The summed E-state index contributed by atoms with van der Waals surface area (Å²) in [6.45, 7) is 3.98.